The van der Waals surface area contributed by atoms with Crippen molar-refractivity contribution in [2.75, 3.05) is 13.1 Å². The van der Waals surface area contributed by atoms with E-state index in [0.717, 1.165) is 44.6 Å². The van der Waals surface area contributed by atoms with Gasteiger partial charge in [-0.15, -0.1) is 0 Å². The molecular formula is C27H43NO3. The Morgan fingerprint density at radius 2 is 1.71 bits per heavy atom. The van der Waals surface area contributed by atoms with Crippen molar-refractivity contribution in [2.24, 2.45) is 52.8 Å². The number of rotatable bonds is 0. The van der Waals surface area contributed by atoms with Crippen molar-refractivity contribution in [3.8, 4) is 0 Å². The predicted octanol–water partition coefficient (Wildman–Crippen LogP) is 3.89. The molecule has 6 fully saturated rings. The third kappa shape index (κ3) is 2.93. The fourth-order valence-corrected chi connectivity index (χ4v) is 10.4. The topological polar surface area (TPSA) is 60.8 Å². The Balaban J connectivity index is 1.31. The Morgan fingerprint density at radius 3 is 2.52 bits per heavy atom. The van der Waals surface area contributed by atoms with Gasteiger partial charge in [-0.3, -0.25) is 9.69 Å². The molecule has 31 heavy (non-hydrogen) atoms. The average Bonchev–Trinajstić information content (AvgIpc) is 3.09. The highest BCUT2D eigenvalue weighted by Gasteiger charge is 2.64. The van der Waals surface area contributed by atoms with Crippen LogP contribution >= 0.6 is 0 Å². The maximum absolute atomic E-state index is 13.2. The van der Waals surface area contributed by atoms with Crippen LogP contribution in [0.5, 0.6) is 0 Å². The average molecular weight is 430 g/mol. The van der Waals surface area contributed by atoms with Crippen molar-refractivity contribution in [1.29, 1.82) is 0 Å². The van der Waals surface area contributed by atoms with Gasteiger partial charge < -0.3 is 10.2 Å². The number of ketones is 1. The summed E-state index contributed by atoms with van der Waals surface area (Å²) in [4.78, 5) is 15.9. The Labute approximate surface area is 188 Å². The van der Waals surface area contributed by atoms with Crippen molar-refractivity contribution in [1.82, 2.24) is 4.90 Å². The molecule has 0 aromatic rings. The molecule has 4 nitrogen and oxygen atoms in total. The molecule has 0 spiro atoms. The van der Waals surface area contributed by atoms with Gasteiger partial charge in [0, 0.05) is 31.5 Å². The lowest BCUT2D eigenvalue weighted by molar-refractivity contribution is -0.175. The summed E-state index contributed by atoms with van der Waals surface area (Å²) >= 11 is 0. The van der Waals surface area contributed by atoms with Gasteiger partial charge in [0.1, 0.15) is 5.78 Å². The predicted molar refractivity (Wildman–Crippen MR) is 120 cm³/mol. The molecule has 2 heterocycles. The Hall–Kier alpha value is -0.450. The van der Waals surface area contributed by atoms with Crippen molar-refractivity contribution < 1.29 is 15.0 Å². The van der Waals surface area contributed by atoms with Crippen LogP contribution in [0.25, 0.3) is 0 Å². The summed E-state index contributed by atoms with van der Waals surface area (Å²) in [5, 5.41) is 22.1. The van der Waals surface area contributed by atoms with Crippen LogP contribution in [0.4, 0.5) is 0 Å². The van der Waals surface area contributed by atoms with E-state index in [4.69, 9.17) is 0 Å². The molecule has 4 aliphatic carbocycles. The molecule has 0 amide bonds. The van der Waals surface area contributed by atoms with Gasteiger partial charge in [0.2, 0.25) is 0 Å². The minimum absolute atomic E-state index is 0.0789. The molecule has 174 valence electrons. The molecule has 4 heteroatoms. The first-order valence-corrected chi connectivity index (χ1v) is 13.4. The molecule has 0 bridgehead atoms. The zero-order valence-electron chi connectivity index (χ0n) is 19.8. The second kappa shape index (κ2) is 7.03. The number of hydrogen-bond acceptors (Lipinski definition) is 4. The number of fused-ring (bicyclic) bond motifs is 8. The van der Waals surface area contributed by atoms with Crippen LogP contribution in [0, 0.1) is 52.8 Å². The van der Waals surface area contributed by atoms with Crippen LogP contribution in [0.2, 0.25) is 0 Å². The molecule has 6 rings (SSSR count). The largest absolute Gasteiger partial charge is 0.393 e. The zero-order valence-corrected chi connectivity index (χ0v) is 19.8. The molecule has 0 aromatic carbocycles. The van der Waals surface area contributed by atoms with Gasteiger partial charge in [0.15, 0.2) is 0 Å². The molecule has 2 N–H and O–H groups in total. The molecular weight excluding hydrogens is 386 g/mol. The number of aliphatic hydroxyl groups is 2. The maximum Gasteiger partial charge on any atom is 0.136 e. The van der Waals surface area contributed by atoms with Crippen molar-refractivity contribution in [3.63, 3.8) is 0 Å². The first-order chi connectivity index (χ1) is 14.7. The summed E-state index contributed by atoms with van der Waals surface area (Å²) in [5.74, 6) is 4.82. The maximum atomic E-state index is 13.2. The number of nitrogens with zero attached hydrogens (tertiary/aromatic N) is 1. The quantitative estimate of drug-likeness (QED) is 0.613. The van der Waals surface area contributed by atoms with E-state index in [1.165, 1.54) is 25.8 Å². The van der Waals surface area contributed by atoms with Gasteiger partial charge in [0.05, 0.1) is 11.7 Å². The molecule has 4 saturated carbocycles. The van der Waals surface area contributed by atoms with Gasteiger partial charge in [-0.25, -0.2) is 0 Å². The SMILES string of the molecule is C[C@H]1CC[C@@H]2N(C1)C[C@H]1[C@@H]3C[C@H]4[C@@H](CC(=O)[C@@H]5CC(O)CC[C@@]54C)[C@@H]3CC[C@@H]1[C@]2(C)O. The Bertz CT molecular complexity index is 751. The normalized spacial score (nSPS) is 59.2. The standard InChI is InChI=1S/C27H43NO3/c1-15-4-7-25-27(3,31)21-6-5-17-18(20(21)14-28(25)13-15)11-22-19(17)12-24(30)23-10-16(29)8-9-26(22,23)2/h15-23,25,29,31H,4-14H2,1-3H3/t15-,16?,17+,18+,19-,20-,21-,22-,23-,25-,26+,27-/m0/s1. The summed E-state index contributed by atoms with van der Waals surface area (Å²) in [6.07, 6.45) is 9.08. The zero-order chi connectivity index (χ0) is 21.7. The highest BCUT2D eigenvalue weighted by Crippen LogP contribution is 2.66. The van der Waals surface area contributed by atoms with Crippen molar-refractivity contribution >= 4 is 5.78 Å². The number of piperidine rings is 2. The number of carbonyl (C=O) groups is 1. The molecule has 6 aliphatic rings. The first-order valence-electron chi connectivity index (χ1n) is 13.4. The van der Waals surface area contributed by atoms with Crippen LogP contribution in [0.3, 0.4) is 0 Å². The number of Topliss-reactive ketones (excluding diaryl/α,β-unsaturated/α-hetero) is 1. The summed E-state index contributed by atoms with van der Waals surface area (Å²) < 4.78 is 0. The Morgan fingerprint density at radius 1 is 0.903 bits per heavy atom. The molecule has 2 aliphatic heterocycles. The molecule has 2 saturated heterocycles. The monoisotopic (exact) mass is 429 g/mol. The van der Waals surface area contributed by atoms with E-state index < -0.39 is 5.60 Å². The third-order valence-electron chi connectivity index (χ3n) is 11.8. The van der Waals surface area contributed by atoms with E-state index in [2.05, 4.69) is 25.7 Å². The molecule has 0 radical (unpaired) electrons. The first kappa shape index (κ1) is 21.1. The van der Waals surface area contributed by atoms with Gasteiger partial charge in [-0.1, -0.05) is 13.8 Å². The molecule has 0 aromatic heterocycles. The lowest BCUT2D eigenvalue weighted by atomic mass is 9.51. The fourth-order valence-electron chi connectivity index (χ4n) is 10.4. The van der Waals surface area contributed by atoms with E-state index in [9.17, 15) is 15.0 Å². The van der Waals surface area contributed by atoms with Gasteiger partial charge in [-0.2, -0.15) is 0 Å². The summed E-state index contributed by atoms with van der Waals surface area (Å²) in [5.41, 5.74) is -0.482. The lowest BCUT2D eigenvalue weighted by Gasteiger charge is -2.59. The minimum atomic E-state index is -0.570. The van der Waals surface area contributed by atoms with E-state index in [-0.39, 0.29) is 17.4 Å². The fraction of sp³-hybridized carbons (Fsp3) is 0.963. The molecule has 1 unspecified atom stereocenters. The second-order valence-electron chi connectivity index (χ2n) is 13.2. The van der Waals surface area contributed by atoms with Gasteiger partial charge in [-0.05, 0) is 105 Å². The lowest BCUT2D eigenvalue weighted by Crippen LogP contribution is -2.67. The van der Waals surface area contributed by atoms with Crippen LogP contribution < -0.4 is 0 Å². The van der Waals surface area contributed by atoms with Crippen molar-refractivity contribution in [2.45, 2.75) is 96.3 Å². The third-order valence-corrected chi connectivity index (χ3v) is 11.8. The Kier molecular flexibility index (Phi) is 4.78. The highest BCUT2D eigenvalue weighted by molar-refractivity contribution is 5.83. The summed E-state index contributed by atoms with van der Waals surface area (Å²) in [6.45, 7) is 9.23. The highest BCUT2D eigenvalue weighted by atomic mass is 16.3. The number of hydrogen-bond donors (Lipinski definition) is 2. The van der Waals surface area contributed by atoms with Crippen LogP contribution in [0.1, 0.15) is 78.6 Å². The second-order valence-corrected chi connectivity index (χ2v) is 13.2. The number of aliphatic hydroxyl groups excluding tert-OH is 1. The van der Waals surface area contributed by atoms with E-state index in [1.54, 1.807) is 0 Å². The van der Waals surface area contributed by atoms with E-state index in [0.29, 0.717) is 53.8 Å². The summed E-state index contributed by atoms with van der Waals surface area (Å²) in [6, 6.07) is 0.341. The van der Waals surface area contributed by atoms with Gasteiger partial charge >= 0.3 is 0 Å². The minimum Gasteiger partial charge on any atom is -0.393 e. The number of carbonyl (C=O) groups excluding carboxylic acids is 1. The van der Waals surface area contributed by atoms with E-state index in [1.807, 2.05) is 0 Å². The van der Waals surface area contributed by atoms with Gasteiger partial charge in [0.25, 0.3) is 0 Å². The molecule has 12 atom stereocenters. The van der Waals surface area contributed by atoms with E-state index >= 15 is 0 Å². The van der Waals surface area contributed by atoms with Crippen LogP contribution in [-0.2, 0) is 4.79 Å². The van der Waals surface area contributed by atoms with Crippen molar-refractivity contribution in [3.05, 3.63) is 0 Å². The van der Waals surface area contributed by atoms with Crippen LogP contribution in [0.15, 0.2) is 0 Å². The smallest absolute Gasteiger partial charge is 0.136 e. The van der Waals surface area contributed by atoms with Crippen LogP contribution in [-0.4, -0.2) is 51.7 Å². The summed E-state index contributed by atoms with van der Waals surface area (Å²) in [7, 11) is 0.